The maximum Gasteiger partial charge on any atom is 0.308 e. The number of carboxylic acids is 1. The van der Waals surface area contributed by atoms with Crippen LogP contribution in [0.3, 0.4) is 0 Å². The van der Waals surface area contributed by atoms with Gasteiger partial charge >= 0.3 is 5.97 Å². The molecule has 1 spiro atoms. The topological polar surface area (TPSA) is 74.7 Å². The van der Waals surface area contributed by atoms with Crippen molar-refractivity contribution in [1.29, 1.82) is 0 Å². The average Bonchev–Trinajstić information content (AvgIpc) is 2.38. The van der Waals surface area contributed by atoms with Gasteiger partial charge in [-0.2, -0.15) is 0 Å². The van der Waals surface area contributed by atoms with Crippen LogP contribution in [-0.4, -0.2) is 34.3 Å². The number of hydrogen-bond donors (Lipinski definition) is 1. The Morgan fingerprint density at radius 1 is 1.20 bits per heavy atom. The fourth-order valence-electron chi connectivity index (χ4n) is 3.50. The summed E-state index contributed by atoms with van der Waals surface area (Å²) in [6.45, 7) is 1.79. The van der Waals surface area contributed by atoms with E-state index in [0.29, 0.717) is 19.3 Å². The van der Waals surface area contributed by atoms with E-state index in [4.69, 9.17) is 5.11 Å². The van der Waals surface area contributed by atoms with Crippen molar-refractivity contribution in [3.8, 4) is 0 Å². The number of nitrogens with zero attached hydrogens (tertiary/aromatic N) is 1. The molecule has 2 fully saturated rings. The molecule has 0 aromatic heterocycles. The van der Waals surface area contributed by atoms with Gasteiger partial charge in [-0.05, 0) is 24.7 Å². The van der Waals surface area contributed by atoms with E-state index in [1.807, 2.05) is 0 Å². The Morgan fingerprint density at radius 2 is 1.75 bits per heavy atom. The lowest BCUT2D eigenvalue weighted by Gasteiger charge is -2.42. The highest BCUT2D eigenvalue weighted by Gasteiger charge is 2.44. The molecule has 1 heterocycles. The summed E-state index contributed by atoms with van der Waals surface area (Å²) >= 11 is 0. The molecule has 0 aromatic rings. The summed E-state index contributed by atoms with van der Waals surface area (Å²) < 4.78 is 0. The molecule has 2 amide bonds. The molecule has 112 valence electrons. The molecule has 1 saturated heterocycles. The number of amides is 2. The predicted octanol–water partition coefficient (Wildman–Crippen LogP) is 2.20. The van der Waals surface area contributed by atoms with Gasteiger partial charge in [0, 0.05) is 19.4 Å². The Hall–Kier alpha value is -1.39. The molecule has 0 bridgehead atoms. The number of aliphatic carboxylic acids is 1. The summed E-state index contributed by atoms with van der Waals surface area (Å²) in [5.41, 5.74) is -0.131. The molecule has 2 rings (SSSR count). The molecule has 2 aliphatic rings. The van der Waals surface area contributed by atoms with Gasteiger partial charge < -0.3 is 5.11 Å². The third kappa shape index (κ3) is 3.02. The standard InChI is InChI=1S/C15H23NO4/c1-2-11(14(19)20)10-16-12(17)8-15(9-13(16)18)6-4-3-5-7-15/h11H,2-10H2,1H3,(H,19,20). The van der Waals surface area contributed by atoms with Crippen molar-refractivity contribution < 1.29 is 19.5 Å². The largest absolute Gasteiger partial charge is 0.481 e. The van der Waals surface area contributed by atoms with Gasteiger partial charge in [0.15, 0.2) is 0 Å². The Morgan fingerprint density at radius 3 is 2.20 bits per heavy atom. The minimum absolute atomic E-state index is 0.0274. The molecule has 0 radical (unpaired) electrons. The van der Waals surface area contributed by atoms with Gasteiger partial charge in [0.05, 0.1) is 5.92 Å². The van der Waals surface area contributed by atoms with Crippen molar-refractivity contribution in [3.05, 3.63) is 0 Å². The first-order chi connectivity index (χ1) is 9.47. The molecule has 1 saturated carbocycles. The van der Waals surface area contributed by atoms with Crippen molar-refractivity contribution in [2.75, 3.05) is 6.54 Å². The molecule has 1 aliphatic carbocycles. The molecule has 1 atom stereocenters. The van der Waals surface area contributed by atoms with E-state index in [9.17, 15) is 14.4 Å². The first-order valence-corrected chi connectivity index (χ1v) is 7.53. The van der Waals surface area contributed by atoms with Crippen LogP contribution in [0.2, 0.25) is 0 Å². The maximum absolute atomic E-state index is 12.3. The molecule has 0 aromatic carbocycles. The van der Waals surface area contributed by atoms with Gasteiger partial charge in [-0.1, -0.05) is 26.2 Å². The molecule has 5 nitrogen and oxygen atoms in total. The van der Waals surface area contributed by atoms with E-state index in [0.717, 1.165) is 25.7 Å². The number of rotatable bonds is 4. The summed E-state index contributed by atoms with van der Waals surface area (Å²) in [6, 6.07) is 0. The molecule has 1 N–H and O–H groups in total. The Labute approximate surface area is 119 Å². The second-order valence-corrected chi connectivity index (χ2v) is 6.26. The van der Waals surface area contributed by atoms with Crippen LogP contribution in [0.5, 0.6) is 0 Å². The van der Waals surface area contributed by atoms with Crippen LogP contribution >= 0.6 is 0 Å². The van der Waals surface area contributed by atoms with Crippen LogP contribution in [-0.2, 0) is 14.4 Å². The van der Waals surface area contributed by atoms with Crippen molar-refractivity contribution >= 4 is 17.8 Å². The molecular weight excluding hydrogens is 258 g/mol. The van der Waals surface area contributed by atoms with E-state index in [-0.39, 0.29) is 23.8 Å². The summed E-state index contributed by atoms with van der Waals surface area (Å²) in [7, 11) is 0. The monoisotopic (exact) mass is 281 g/mol. The van der Waals surface area contributed by atoms with E-state index in [2.05, 4.69) is 0 Å². The normalized spacial score (nSPS) is 23.9. The smallest absolute Gasteiger partial charge is 0.308 e. The SMILES string of the molecule is CCC(CN1C(=O)CC2(CCCCC2)CC1=O)C(=O)O. The molecule has 5 heteroatoms. The number of hydrogen-bond acceptors (Lipinski definition) is 3. The van der Waals surface area contributed by atoms with Crippen LogP contribution in [0.25, 0.3) is 0 Å². The highest BCUT2D eigenvalue weighted by molar-refractivity contribution is 5.98. The average molecular weight is 281 g/mol. The Bertz CT molecular complexity index is 392. The third-order valence-corrected chi connectivity index (χ3v) is 4.81. The van der Waals surface area contributed by atoms with E-state index in [1.54, 1.807) is 6.92 Å². The lowest BCUT2D eigenvalue weighted by atomic mass is 9.67. The quantitative estimate of drug-likeness (QED) is 0.802. The number of piperidine rings is 1. The minimum Gasteiger partial charge on any atom is -0.481 e. The number of carbonyl (C=O) groups is 3. The van der Waals surface area contributed by atoms with Crippen molar-refractivity contribution in [1.82, 2.24) is 4.90 Å². The third-order valence-electron chi connectivity index (χ3n) is 4.81. The summed E-state index contributed by atoms with van der Waals surface area (Å²) in [5.74, 6) is -1.94. The predicted molar refractivity (Wildman–Crippen MR) is 72.9 cm³/mol. The second kappa shape index (κ2) is 5.94. The molecular formula is C15H23NO4. The highest BCUT2D eigenvalue weighted by Crippen LogP contribution is 2.45. The van der Waals surface area contributed by atoms with Crippen LogP contribution < -0.4 is 0 Å². The van der Waals surface area contributed by atoms with Crippen LogP contribution in [0.4, 0.5) is 0 Å². The Kier molecular flexibility index (Phi) is 4.45. The number of carboxylic acid groups (broad SMARTS) is 1. The second-order valence-electron chi connectivity index (χ2n) is 6.26. The number of imide groups is 1. The fraction of sp³-hybridized carbons (Fsp3) is 0.800. The summed E-state index contributed by atoms with van der Waals surface area (Å²) in [6.07, 6.45) is 6.52. The van der Waals surface area contributed by atoms with Crippen molar-refractivity contribution in [2.24, 2.45) is 11.3 Å². The summed E-state index contributed by atoms with van der Waals surface area (Å²) in [5, 5.41) is 9.07. The lowest BCUT2D eigenvalue weighted by Crippen LogP contribution is -2.50. The zero-order chi connectivity index (χ0) is 14.8. The van der Waals surface area contributed by atoms with Gasteiger partial charge in [0.25, 0.3) is 0 Å². The van der Waals surface area contributed by atoms with Gasteiger partial charge in [0.2, 0.25) is 11.8 Å². The lowest BCUT2D eigenvalue weighted by molar-refractivity contribution is -0.156. The number of carbonyl (C=O) groups excluding carboxylic acids is 2. The van der Waals surface area contributed by atoms with E-state index >= 15 is 0 Å². The highest BCUT2D eigenvalue weighted by atomic mass is 16.4. The Balaban J connectivity index is 2.05. The van der Waals surface area contributed by atoms with Gasteiger partial charge in [0.1, 0.15) is 0 Å². The van der Waals surface area contributed by atoms with E-state index in [1.165, 1.54) is 11.3 Å². The summed E-state index contributed by atoms with van der Waals surface area (Å²) in [4.78, 5) is 36.8. The van der Waals surface area contributed by atoms with E-state index < -0.39 is 11.9 Å². The number of likely N-dealkylation sites (tertiary alicyclic amines) is 1. The molecule has 1 aliphatic heterocycles. The van der Waals surface area contributed by atoms with Gasteiger partial charge in [-0.3, -0.25) is 19.3 Å². The van der Waals surface area contributed by atoms with Gasteiger partial charge in [-0.25, -0.2) is 0 Å². The zero-order valence-electron chi connectivity index (χ0n) is 12.1. The van der Waals surface area contributed by atoms with Crippen LogP contribution in [0.1, 0.15) is 58.3 Å². The minimum atomic E-state index is -0.939. The van der Waals surface area contributed by atoms with Crippen molar-refractivity contribution in [3.63, 3.8) is 0 Å². The molecule has 20 heavy (non-hydrogen) atoms. The maximum atomic E-state index is 12.3. The van der Waals surface area contributed by atoms with Crippen molar-refractivity contribution in [2.45, 2.75) is 58.3 Å². The van der Waals surface area contributed by atoms with Gasteiger partial charge in [-0.15, -0.1) is 0 Å². The first-order valence-electron chi connectivity index (χ1n) is 7.53. The zero-order valence-corrected chi connectivity index (χ0v) is 12.1. The first kappa shape index (κ1) is 15.0. The van der Waals surface area contributed by atoms with Crippen LogP contribution in [0.15, 0.2) is 0 Å². The molecule has 1 unspecified atom stereocenters. The van der Waals surface area contributed by atoms with Crippen LogP contribution in [0, 0.1) is 11.3 Å². The fourth-order valence-corrected chi connectivity index (χ4v) is 3.50.